The number of likely N-dealkylation sites (tertiary alicyclic amines) is 1. The van der Waals surface area contributed by atoms with Gasteiger partial charge in [-0.1, -0.05) is 30.1 Å². The minimum absolute atomic E-state index is 0.414. The summed E-state index contributed by atoms with van der Waals surface area (Å²) in [4.78, 5) is 2.44. The third kappa shape index (κ3) is 2.47. The molecule has 0 N–H and O–H groups in total. The van der Waals surface area contributed by atoms with Crippen molar-refractivity contribution in [3.05, 3.63) is 33.8 Å². The summed E-state index contributed by atoms with van der Waals surface area (Å²) in [6, 6.07) is 6.19. The maximum atomic E-state index is 5.99. The molecule has 1 atom stereocenters. The van der Waals surface area contributed by atoms with Crippen LogP contribution in [0.15, 0.2) is 18.2 Å². The van der Waals surface area contributed by atoms with Crippen LogP contribution < -0.4 is 0 Å². The summed E-state index contributed by atoms with van der Waals surface area (Å²) in [5, 5.41) is 1.44. The Kier molecular flexibility index (Phi) is 3.24. The van der Waals surface area contributed by atoms with E-state index in [0.29, 0.717) is 6.04 Å². The molecule has 82 valence electrons. The topological polar surface area (TPSA) is 3.24 Å². The Morgan fingerprint density at radius 2 is 1.73 bits per heavy atom. The second-order valence-corrected chi connectivity index (χ2v) is 5.31. The molecule has 0 amide bonds. The molecule has 1 heterocycles. The highest BCUT2D eigenvalue weighted by Gasteiger charge is 2.27. The van der Waals surface area contributed by atoms with Crippen molar-refractivity contribution < 1.29 is 0 Å². The maximum absolute atomic E-state index is 5.99. The zero-order chi connectivity index (χ0) is 11.0. The first kappa shape index (κ1) is 11.3. The van der Waals surface area contributed by atoms with Gasteiger partial charge in [-0.25, -0.2) is 0 Å². The number of hydrogen-bond donors (Lipinski definition) is 0. The first-order chi connectivity index (χ1) is 7.06. The predicted molar refractivity (Wildman–Crippen MR) is 65.6 cm³/mol. The molecule has 1 nitrogen and oxygen atoms in total. The van der Waals surface area contributed by atoms with Crippen LogP contribution >= 0.6 is 23.2 Å². The highest BCUT2D eigenvalue weighted by atomic mass is 35.5. The maximum Gasteiger partial charge on any atom is 0.0424 e. The van der Waals surface area contributed by atoms with Gasteiger partial charge in [0.25, 0.3) is 0 Å². The minimum Gasteiger partial charge on any atom is -0.296 e. The van der Waals surface area contributed by atoms with Crippen LogP contribution in [0.25, 0.3) is 0 Å². The molecule has 0 radical (unpaired) electrons. The Morgan fingerprint density at radius 1 is 1.20 bits per heavy atom. The lowest BCUT2D eigenvalue weighted by molar-refractivity contribution is 0.0703. The average Bonchev–Trinajstić information content (AvgIpc) is 2.10. The first-order valence-corrected chi connectivity index (χ1v) is 6.02. The van der Waals surface area contributed by atoms with Gasteiger partial charge in [0.05, 0.1) is 0 Å². The van der Waals surface area contributed by atoms with E-state index in [1.54, 1.807) is 6.07 Å². The molecule has 1 aliphatic rings. The first-order valence-electron chi connectivity index (χ1n) is 5.26. The Morgan fingerprint density at radius 3 is 2.20 bits per heavy atom. The number of hydrogen-bond acceptors (Lipinski definition) is 1. The minimum atomic E-state index is 0.414. The van der Waals surface area contributed by atoms with Crippen LogP contribution in [-0.2, 0) is 0 Å². The monoisotopic (exact) mass is 243 g/mol. The van der Waals surface area contributed by atoms with Crippen LogP contribution in [0.3, 0.4) is 0 Å². The fourth-order valence-electron chi connectivity index (χ4n) is 2.09. The van der Waals surface area contributed by atoms with E-state index in [1.165, 1.54) is 18.7 Å². The van der Waals surface area contributed by atoms with Crippen molar-refractivity contribution in [1.82, 2.24) is 4.90 Å². The third-order valence-electron chi connectivity index (χ3n) is 3.01. The van der Waals surface area contributed by atoms with Crippen LogP contribution in [-0.4, -0.2) is 18.0 Å². The molecule has 3 heteroatoms. The standard InChI is InChI=1S/C12H15Cl2N/c1-8-6-15(7-8)9(2)10-3-11(13)5-12(14)4-10/h3-5,8-9H,6-7H2,1-2H3. The molecule has 1 saturated heterocycles. The van der Waals surface area contributed by atoms with Crippen molar-refractivity contribution in [3.63, 3.8) is 0 Å². The van der Waals surface area contributed by atoms with Gasteiger partial charge in [-0.2, -0.15) is 0 Å². The Balaban J connectivity index is 2.14. The molecule has 2 rings (SSSR count). The van der Waals surface area contributed by atoms with E-state index < -0.39 is 0 Å². The lowest BCUT2D eigenvalue weighted by Gasteiger charge is -2.41. The molecule has 1 aromatic rings. The van der Waals surface area contributed by atoms with Gasteiger partial charge >= 0.3 is 0 Å². The normalized spacial score (nSPS) is 20.0. The van der Waals surface area contributed by atoms with E-state index in [2.05, 4.69) is 18.7 Å². The van der Waals surface area contributed by atoms with E-state index in [9.17, 15) is 0 Å². The summed E-state index contributed by atoms with van der Waals surface area (Å²) in [5.74, 6) is 0.821. The van der Waals surface area contributed by atoms with Gasteiger partial charge < -0.3 is 0 Å². The molecule has 0 spiro atoms. The lowest BCUT2D eigenvalue weighted by Crippen LogP contribution is -2.46. The van der Waals surface area contributed by atoms with E-state index in [1.807, 2.05) is 12.1 Å². The SMILES string of the molecule is CC1CN(C(C)c2cc(Cl)cc(Cl)c2)C1. The quantitative estimate of drug-likeness (QED) is 0.759. The van der Waals surface area contributed by atoms with Crippen LogP contribution in [0.5, 0.6) is 0 Å². The average molecular weight is 244 g/mol. The Labute approximate surface area is 101 Å². The van der Waals surface area contributed by atoms with Crippen LogP contribution in [0, 0.1) is 5.92 Å². The van der Waals surface area contributed by atoms with Crippen LogP contribution in [0.2, 0.25) is 10.0 Å². The van der Waals surface area contributed by atoms with Gasteiger partial charge in [0.2, 0.25) is 0 Å². The Hall–Kier alpha value is -0.240. The van der Waals surface area contributed by atoms with Gasteiger partial charge in [-0.05, 0) is 36.6 Å². The Bertz CT molecular complexity index is 338. The van der Waals surface area contributed by atoms with Crippen molar-refractivity contribution in [3.8, 4) is 0 Å². The molecule has 1 unspecified atom stereocenters. The van der Waals surface area contributed by atoms with Gasteiger partial charge in [0.1, 0.15) is 0 Å². The van der Waals surface area contributed by atoms with E-state index in [0.717, 1.165) is 16.0 Å². The summed E-state index contributed by atoms with van der Waals surface area (Å²) in [6.45, 7) is 6.82. The van der Waals surface area contributed by atoms with Crippen LogP contribution in [0.4, 0.5) is 0 Å². The van der Waals surface area contributed by atoms with Crippen molar-refractivity contribution in [1.29, 1.82) is 0 Å². The second-order valence-electron chi connectivity index (χ2n) is 4.44. The fourth-order valence-corrected chi connectivity index (χ4v) is 2.63. The number of rotatable bonds is 2. The van der Waals surface area contributed by atoms with Gasteiger partial charge in [-0.3, -0.25) is 4.90 Å². The lowest BCUT2D eigenvalue weighted by atomic mass is 9.97. The molecule has 0 aromatic heterocycles. The van der Waals surface area contributed by atoms with Gasteiger partial charge in [0.15, 0.2) is 0 Å². The predicted octanol–water partition coefficient (Wildman–Crippen LogP) is 4.01. The highest BCUT2D eigenvalue weighted by Crippen LogP contribution is 2.31. The molecule has 1 fully saturated rings. The zero-order valence-corrected chi connectivity index (χ0v) is 10.5. The summed E-state index contributed by atoms with van der Waals surface area (Å²) in [5.41, 5.74) is 1.21. The molecule has 0 saturated carbocycles. The van der Waals surface area contributed by atoms with Crippen molar-refractivity contribution in [2.75, 3.05) is 13.1 Å². The number of halogens is 2. The van der Waals surface area contributed by atoms with Crippen LogP contribution in [0.1, 0.15) is 25.5 Å². The van der Waals surface area contributed by atoms with E-state index >= 15 is 0 Å². The molecule has 0 aliphatic carbocycles. The number of nitrogens with zero attached hydrogens (tertiary/aromatic N) is 1. The molecule has 0 bridgehead atoms. The summed E-state index contributed by atoms with van der Waals surface area (Å²) >= 11 is 12.0. The second kappa shape index (κ2) is 4.32. The zero-order valence-electron chi connectivity index (χ0n) is 9.00. The molecular weight excluding hydrogens is 229 g/mol. The molecule has 1 aliphatic heterocycles. The summed E-state index contributed by atoms with van der Waals surface area (Å²) < 4.78 is 0. The highest BCUT2D eigenvalue weighted by molar-refractivity contribution is 6.34. The molecular formula is C12H15Cl2N. The van der Waals surface area contributed by atoms with Gasteiger partial charge in [0, 0.05) is 29.2 Å². The van der Waals surface area contributed by atoms with Crippen molar-refractivity contribution in [2.24, 2.45) is 5.92 Å². The van der Waals surface area contributed by atoms with Crippen molar-refractivity contribution in [2.45, 2.75) is 19.9 Å². The summed E-state index contributed by atoms with van der Waals surface area (Å²) in [7, 11) is 0. The third-order valence-corrected chi connectivity index (χ3v) is 3.44. The summed E-state index contributed by atoms with van der Waals surface area (Å²) in [6.07, 6.45) is 0. The van der Waals surface area contributed by atoms with E-state index in [-0.39, 0.29) is 0 Å². The number of benzene rings is 1. The largest absolute Gasteiger partial charge is 0.296 e. The van der Waals surface area contributed by atoms with E-state index in [4.69, 9.17) is 23.2 Å². The molecule has 1 aromatic carbocycles. The molecule has 15 heavy (non-hydrogen) atoms. The smallest absolute Gasteiger partial charge is 0.0424 e. The van der Waals surface area contributed by atoms with Gasteiger partial charge in [-0.15, -0.1) is 0 Å². The van der Waals surface area contributed by atoms with Crippen molar-refractivity contribution >= 4 is 23.2 Å². The fraction of sp³-hybridized carbons (Fsp3) is 0.500.